The molecule has 1 unspecified atom stereocenters. The number of alkyl halides is 3. The van der Waals surface area contributed by atoms with Gasteiger partial charge in [0.25, 0.3) is 0 Å². The molecule has 3 heterocycles. The van der Waals surface area contributed by atoms with E-state index in [1.165, 1.54) is 13.3 Å². The number of ether oxygens (including phenoxy) is 1. The number of rotatable bonds is 7. The van der Waals surface area contributed by atoms with E-state index < -0.39 is 30.8 Å². The van der Waals surface area contributed by atoms with Gasteiger partial charge < -0.3 is 20.4 Å². The molecule has 0 spiro atoms. The second-order valence-corrected chi connectivity index (χ2v) is 7.65. The first kappa shape index (κ1) is 23.8. The maximum atomic E-state index is 12.5. The Kier molecular flexibility index (Phi) is 7.04. The number of nitrogens with zero attached hydrogens (tertiary/aromatic N) is 1. The van der Waals surface area contributed by atoms with Gasteiger partial charge in [0, 0.05) is 22.7 Å². The van der Waals surface area contributed by atoms with Crippen molar-refractivity contribution >= 4 is 34.4 Å². The standard InChI is InChI=1S/C21H23F3N6O3/c1-11(2)17(19(31)28-10-21(22,23)24)29-13-4-12(6-25-7-13)16-9-27-18-15(16)5-14(8-26-18)30-20(32)33-3/h4-9,11,17,29H,10H2,1-3H3,(H,26,27)(H,28,31)(H,30,32)/p+1. The number of aromatic amines is 2. The van der Waals surface area contributed by atoms with Gasteiger partial charge in [-0.05, 0) is 18.1 Å². The Bertz CT molecular complexity index is 1150. The van der Waals surface area contributed by atoms with Crippen LogP contribution in [0.3, 0.4) is 0 Å². The molecule has 0 saturated heterocycles. The van der Waals surface area contributed by atoms with Crippen molar-refractivity contribution in [2.45, 2.75) is 26.1 Å². The predicted octanol–water partition coefficient (Wildman–Crippen LogP) is 3.34. The van der Waals surface area contributed by atoms with E-state index in [1.807, 2.05) is 5.32 Å². The van der Waals surface area contributed by atoms with Crippen molar-refractivity contribution in [1.82, 2.24) is 15.3 Å². The summed E-state index contributed by atoms with van der Waals surface area (Å²) in [5, 5.41) is 8.20. The van der Waals surface area contributed by atoms with Crippen LogP contribution in [-0.2, 0) is 9.53 Å². The summed E-state index contributed by atoms with van der Waals surface area (Å²) in [6.45, 7) is 2.08. The highest BCUT2D eigenvalue weighted by molar-refractivity contribution is 5.97. The van der Waals surface area contributed by atoms with Gasteiger partial charge in [-0.3, -0.25) is 10.1 Å². The zero-order valence-corrected chi connectivity index (χ0v) is 18.1. The molecule has 0 aliphatic rings. The van der Waals surface area contributed by atoms with Gasteiger partial charge >= 0.3 is 12.3 Å². The van der Waals surface area contributed by atoms with E-state index in [0.717, 1.165) is 16.5 Å². The summed E-state index contributed by atoms with van der Waals surface area (Å²) in [5.74, 6) is -1.02. The molecule has 0 bridgehead atoms. The molecule has 9 nitrogen and oxygen atoms in total. The number of methoxy groups -OCH3 is 1. The molecule has 176 valence electrons. The summed E-state index contributed by atoms with van der Waals surface area (Å²) in [4.78, 5) is 34.1. The van der Waals surface area contributed by atoms with E-state index in [4.69, 9.17) is 0 Å². The summed E-state index contributed by atoms with van der Waals surface area (Å²) in [6, 6.07) is 2.61. The van der Waals surface area contributed by atoms with Gasteiger partial charge in [0.15, 0.2) is 12.4 Å². The van der Waals surface area contributed by atoms with Crippen LogP contribution in [0.1, 0.15) is 13.8 Å². The first-order chi connectivity index (χ1) is 15.6. The lowest BCUT2D eigenvalue weighted by Crippen LogP contribution is -2.46. The van der Waals surface area contributed by atoms with Gasteiger partial charge in [0.2, 0.25) is 5.91 Å². The number of carbonyl (C=O) groups excluding carboxylic acids is 2. The van der Waals surface area contributed by atoms with Crippen molar-refractivity contribution in [2.24, 2.45) is 5.92 Å². The van der Waals surface area contributed by atoms with Crippen LogP contribution in [0.25, 0.3) is 22.2 Å². The van der Waals surface area contributed by atoms with Crippen molar-refractivity contribution in [1.29, 1.82) is 0 Å². The second-order valence-electron chi connectivity index (χ2n) is 7.65. The van der Waals surface area contributed by atoms with Crippen LogP contribution in [0.5, 0.6) is 0 Å². The second kappa shape index (κ2) is 9.76. The number of hydrogen-bond acceptors (Lipinski definition) is 5. The van der Waals surface area contributed by atoms with Crippen LogP contribution >= 0.6 is 0 Å². The van der Waals surface area contributed by atoms with Crippen molar-refractivity contribution < 1.29 is 32.5 Å². The number of carbonyl (C=O) groups is 2. The van der Waals surface area contributed by atoms with E-state index in [-0.39, 0.29) is 5.92 Å². The maximum Gasteiger partial charge on any atom is 0.411 e. The van der Waals surface area contributed by atoms with Crippen LogP contribution in [0, 0.1) is 5.92 Å². The summed E-state index contributed by atoms with van der Waals surface area (Å²) in [6.07, 6.45) is 1.43. The largest absolute Gasteiger partial charge is 0.453 e. The van der Waals surface area contributed by atoms with E-state index in [0.29, 0.717) is 17.0 Å². The summed E-state index contributed by atoms with van der Waals surface area (Å²) >= 11 is 0. The first-order valence-corrected chi connectivity index (χ1v) is 10.0. The first-order valence-electron chi connectivity index (χ1n) is 10.0. The molecule has 3 aromatic rings. The molecule has 0 fully saturated rings. The molecule has 1 atom stereocenters. The smallest absolute Gasteiger partial charge is 0.411 e. The van der Waals surface area contributed by atoms with Gasteiger partial charge in [-0.1, -0.05) is 13.8 Å². The molecule has 0 saturated carbocycles. The highest BCUT2D eigenvalue weighted by atomic mass is 19.4. The third kappa shape index (κ3) is 6.11. The molecule has 5 N–H and O–H groups in total. The van der Waals surface area contributed by atoms with Crippen LogP contribution in [0.2, 0.25) is 0 Å². The average molecular weight is 465 g/mol. The van der Waals surface area contributed by atoms with Crippen molar-refractivity contribution in [3.63, 3.8) is 0 Å². The normalized spacial score (nSPS) is 12.5. The maximum absolute atomic E-state index is 12.5. The highest BCUT2D eigenvalue weighted by Crippen LogP contribution is 2.30. The van der Waals surface area contributed by atoms with Crippen molar-refractivity contribution in [3.8, 4) is 11.1 Å². The molecule has 0 aliphatic heterocycles. The third-order valence-corrected chi connectivity index (χ3v) is 4.80. The predicted molar refractivity (Wildman–Crippen MR) is 115 cm³/mol. The summed E-state index contributed by atoms with van der Waals surface area (Å²) in [7, 11) is 1.26. The Balaban J connectivity index is 1.85. The van der Waals surface area contributed by atoms with E-state index in [2.05, 4.69) is 30.3 Å². The Morgan fingerprint density at radius 2 is 1.97 bits per heavy atom. The lowest BCUT2D eigenvalue weighted by Gasteiger charge is -2.22. The molecular weight excluding hydrogens is 441 g/mol. The number of halogens is 3. The fourth-order valence-electron chi connectivity index (χ4n) is 3.20. The molecule has 3 rings (SSSR count). The van der Waals surface area contributed by atoms with Crippen LogP contribution in [0.4, 0.5) is 29.3 Å². The van der Waals surface area contributed by atoms with Gasteiger partial charge in [-0.15, -0.1) is 0 Å². The minimum absolute atomic E-state index is 0.272. The topological polar surface area (TPSA) is 122 Å². The van der Waals surface area contributed by atoms with Crippen molar-refractivity contribution in [3.05, 3.63) is 36.9 Å². The van der Waals surface area contributed by atoms with Gasteiger partial charge in [-0.2, -0.15) is 13.2 Å². The molecular formula is C21H24F3N6O3+. The number of H-pyrrole nitrogens is 2. The number of amides is 2. The zero-order chi connectivity index (χ0) is 24.2. The lowest BCUT2D eigenvalue weighted by molar-refractivity contribution is -0.376. The van der Waals surface area contributed by atoms with E-state index in [1.54, 1.807) is 44.6 Å². The van der Waals surface area contributed by atoms with E-state index in [9.17, 15) is 22.8 Å². The van der Waals surface area contributed by atoms with Crippen LogP contribution in [-0.4, -0.2) is 47.8 Å². The molecule has 2 amide bonds. The highest BCUT2D eigenvalue weighted by Gasteiger charge is 2.30. The fraction of sp³-hybridized carbons (Fsp3) is 0.333. The lowest BCUT2D eigenvalue weighted by atomic mass is 10.0. The van der Waals surface area contributed by atoms with Gasteiger partial charge in [0.1, 0.15) is 23.9 Å². The van der Waals surface area contributed by atoms with E-state index >= 15 is 0 Å². The minimum Gasteiger partial charge on any atom is -0.453 e. The summed E-state index contributed by atoms with van der Waals surface area (Å²) in [5.41, 5.74) is 3.02. The molecule has 12 heteroatoms. The minimum atomic E-state index is -4.49. The van der Waals surface area contributed by atoms with Crippen molar-refractivity contribution in [2.75, 3.05) is 24.3 Å². The fourth-order valence-corrected chi connectivity index (χ4v) is 3.20. The third-order valence-electron chi connectivity index (χ3n) is 4.80. The Labute approximate surface area is 187 Å². The SMILES string of the molecule is COC(=O)Nc1cnc2[nH]cc(-c3c[nH+]cc(NC(C(=O)NCC(F)(F)F)C(C)C)c3)c2c1. The number of aromatic nitrogens is 3. The van der Waals surface area contributed by atoms with Crippen LogP contribution in [0.15, 0.2) is 36.9 Å². The van der Waals surface area contributed by atoms with Crippen LogP contribution < -0.4 is 20.9 Å². The molecule has 0 aromatic carbocycles. The Morgan fingerprint density at radius 1 is 1.21 bits per heavy atom. The quantitative estimate of drug-likeness (QED) is 0.426. The monoisotopic (exact) mass is 465 g/mol. The molecule has 0 radical (unpaired) electrons. The molecule has 0 aliphatic carbocycles. The average Bonchev–Trinajstić information content (AvgIpc) is 3.18. The molecule has 33 heavy (non-hydrogen) atoms. The zero-order valence-electron chi connectivity index (χ0n) is 18.1. The summed E-state index contributed by atoms with van der Waals surface area (Å²) < 4.78 is 42.1. The number of hydrogen-bond donors (Lipinski definition) is 4. The van der Waals surface area contributed by atoms with Gasteiger partial charge in [0.05, 0.1) is 19.0 Å². The number of anilines is 2. The number of fused-ring (bicyclic) bond motifs is 1. The Morgan fingerprint density at radius 3 is 2.64 bits per heavy atom. The number of pyridine rings is 2. The molecule has 3 aromatic heterocycles. The Hall–Kier alpha value is -3.83. The van der Waals surface area contributed by atoms with Gasteiger partial charge in [-0.25, -0.2) is 14.8 Å². The number of nitrogens with one attached hydrogen (secondary N) is 5.